The summed E-state index contributed by atoms with van der Waals surface area (Å²) in [5, 5.41) is 11.0. The van der Waals surface area contributed by atoms with Crippen molar-refractivity contribution in [2.45, 2.75) is 33.2 Å². The molecule has 1 N–H and O–H groups in total. The SMILES string of the molecule is CCNc1ccc(C(=O)N(CCOC)C(C)CC)nn1. The third-order valence-corrected chi connectivity index (χ3v) is 3.16. The van der Waals surface area contributed by atoms with Crippen LogP contribution in [0.2, 0.25) is 0 Å². The molecule has 0 spiro atoms. The van der Waals surface area contributed by atoms with E-state index in [4.69, 9.17) is 4.74 Å². The molecule has 0 bridgehead atoms. The number of ether oxygens (including phenoxy) is 1. The zero-order valence-electron chi connectivity index (χ0n) is 12.7. The number of nitrogens with one attached hydrogen (secondary N) is 1. The molecule has 1 rings (SSSR count). The van der Waals surface area contributed by atoms with Crippen LogP contribution >= 0.6 is 0 Å². The van der Waals surface area contributed by atoms with Gasteiger partial charge >= 0.3 is 0 Å². The molecule has 0 radical (unpaired) electrons. The van der Waals surface area contributed by atoms with Crippen molar-refractivity contribution in [3.63, 3.8) is 0 Å². The van der Waals surface area contributed by atoms with Gasteiger partial charge in [0, 0.05) is 26.2 Å². The number of rotatable bonds is 8. The van der Waals surface area contributed by atoms with Crippen molar-refractivity contribution < 1.29 is 9.53 Å². The van der Waals surface area contributed by atoms with Crippen LogP contribution < -0.4 is 5.32 Å². The van der Waals surface area contributed by atoms with Crippen molar-refractivity contribution >= 4 is 11.7 Å². The Kier molecular flexibility index (Phi) is 6.93. The molecule has 0 aromatic carbocycles. The molecular weight excluding hydrogens is 256 g/mol. The van der Waals surface area contributed by atoms with Gasteiger partial charge in [-0.3, -0.25) is 4.79 Å². The van der Waals surface area contributed by atoms with E-state index in [2.05, 4.69) is 22.4 Å². The highest BCUT2D eigenvalue weighted by atomic mass is 16.5. The van der Waals surface area contributed by atoms with E-state index in [-0.39, 0.29) is 11.9 Å². The van der Waals surface area contributed by atoms with Gasteiger partial charge in [0.25, 0.3) is 5.91 Å². The van der Waals surface area contributed by atoms with E-state index in [0.29, 0.717) is 24.7 Å². The van der Waals surface area contributed by atoms with Gasteiger partial charge in [0.2, 0.25) is 0 Å². The molecule has 1 unspecified atom stereocenters. The molecule has 0 aliphatic rings. The first-order valence-electron chi connectivity index (χ1n) is 7.01. The van der Waals surface area contributed by atoms with Gasteiger partial charge in [-0.2, -0.15) is 0 Å². The number of nitrogens with zero attached hydrogens (tertiary/aromatic N) is 3. The average molecular weight is 280 g/mol. The van der Waals surface area contributed by atoms with Gasteiger partial charge < -0.3 is 15.0 Å². The van der Waals surface area contributed by atoms with Crippen LogP contribution in [0.4, 0.5) is 5.82 Å². The maximum Gasteiger partial charge on any atom is 0.274 e. The van der Waals surface area contributed by atoms with E-state index < -0.39 is 0 Å². The van der Waals surface area contributed by atoms with E-state index in [9.17, 15) is 4.79 Å². The molecule has 0 saturated carbocycles. The van der Waals surface area contributed by atoms with Gasteiger partial charge in [-0.15, -0.1) is 10.2 Å². The zero-order chi connectivity index (χ0) is 15.0. The molecule has 0 aliphatic carbocycles. The number of hydrogen-bond donors (Lipinski definition) is 1. The van der Waals surface area contributed by atoms with Gasteiger partial charge in [-0.05, 0) is 32.4 Å². The number of methoxy groups -OCH3 is 1. The normalized spacial score (nSPS) is 12.0. The van der Waals surface area contributed by atoms with Crippen LogP contribution in [-0.4, -0.2) is 53.9 Å². The highest BCUT2D eigenvalue weighted by Gasteiger charge is 2.21. The highest BCUT2D eigenvalue weighted by Crippen LogP contribution is 2.10. The van der Waals surface area contributed by atoms with E-state index in [1.807, 2.05) is 13.8 Å². The van der Waals surface area contributed by atoms with E-state index in [1.165, 1.54) is 0 Å². The van der Waals surface area contributed by atoms with Crippen molar-refractivity contribution in [1.29, 1.82) is 0 Å². The molecule has 1 heterocycles. The smallest absolute Gasteiger partial charge is 0.274 e. The number of carbonyl (C=O) groups excluding carboxylic acids is 1. The number of hydrogen-bond acceptors (Lipinski definition) is 5. The summed E-state index contributed by atoms with van der Waals surface area (Å²) in [6.07, 6.45) is 0.887. The fraction of sp³-hybridized carbons (Fsp3) is 0.643. The first-order valence-corrected chi connectivity index (χ1v) is 7.01. The Hall–Kier alpha value is -1.69. The van der Waals surface area contributed by atoms with Gasteiger partial charge in [-0.1, -0.05) is 6.92 Å². The molecule has 6 nitrogen and oxygen atoms in total. The summed E-state index contributed by atoms with van der Waals surface area (Å²) >= 11 is 0. The van der Waals surface area contributed by atoms with Crippen LogP contribution in [0.1, 0.15) is 37.7 Å². The lowest BCUT2D eigenvalue weighted by molar-refractivity contribution is 0.0607. The Morgan fingerprint density at radius 2 is 2.15 bits per heavy atom. The molecule has 0 saturated heterocycles. The van der Waals surface area contributed by atoms with Crippen LogP contribution in [-0.2, 0) is 4.74 Å². The predicted octanol–water partition coefficient (Wildman–Crippen LogP) is 1.80. The van der Waals surface area contributed by atoms with Crippen molar-refractivity contribution in [2.75, 3.05) is 32.1 Å². The van der Waals surface area contributed by atoms with Gasteiger partial charge in [0.05, 0.1) is 6.61 Å². The lowest BCUT2D eigenvalue weighted by Gasteiger charge is -2.27. The predicted molar refractivity (Wildman–Crippen MR) is 78.9 cm³/mol. The summed E-state index contributed by atoms with van der Waals surface area (Å²) in [6, 6.07) is 3.62. The van der Waals surface area contributed by atoms with Crippen molar-refractivity contribution in [2.24, 2.45) is 0 Å². The Labute approximate surface area is 120 Å². The topological polar surface area (TPSA) is 67.4 Å². The summed E-state index contributed by atoms with van der Waals surface area (Å²) in [5.41, 5.74) is 0.364. The van der Waals surface area contributed by atoms with Crippen LogP contribution in [0.3, 0.4) is 0 Å². The molecule has 1 aromatic rings. The van der Waals surface area contributed by atoms with Crippen LogP contribution in [0.25, 0.3) is 0 Å². The minimum atomic E-state index is -0.105. The molecule has 0 aliphatic heterocycles. The molecule has 20 heavy (non-hydrogen) atoms. The zero-order valence-corrected chi connectivity index (χ0v) is 12.7. The fourth-order valence-electron chi connectivity index (χ4n) is 1.80. The summed E-state index contributed by atoms with van der Waals surface area (Å²) < 4.78 is 5.06. The Bertz CT molecular complexity index is 408. The van der Waals surface area contributed by atoms with Crippen molar-refractivity contribution in [1.82, 2.24) is 15.1 Å². The third kappa shape index (κ3) is 4.45. The van der Waals surface area contributed by atoms with Crippen LogP contribution in [0.5, 0.6) is 0 Å². The number of aromatic nitrogens is 2. The summed E-state index contributed by atoms with van der Waals surface area (Å²) in [5.74, 6) is 0.572. The van der Waals surface area contributed by atoms with Gasteiger partial charge in [0.1, 0.15) is 5.82 Å². The second-order valence-electron chi connectivity index (χ2n) is 4.58. The maximum atomic E-state index is 12.5. The number of carbonyl (C=O) groups is 1. The Morgan fingerprint density at radius 3 is 2.65 bits per heavy atom. The second-order valence-corrected chi connectivity index (χ2v) is 4.58. The lowest BCUT2D eigenvalue weighted by Crippen LogP contribution is -2.41. The molecule has 0 fully saturated rings. The van der Waals surface area contributed by atoms with Gasteiger partial charge in [0.15, 0.2) is 5.69 Å². The van der Waals surface area contributed by atoms with Crippen molar-refractivity contribution in [3.05, 3.63) is 17.8 Å². The molecule has 112 valence electrons. The molecule has 6 heteroatoms. The molecule has 1 amide bonds. The monoisotopic (exact) mass is 280 g/mol. The van der Waals surface area contributed by atoms with E-state index in [0.717, 1.165) is 13.0 Å². The Balaban J connectivity index is 2.82. The first-order chi connectivity index (χ1) is 9.63. The van der Waals surface area contributed by atoms with E-state index >= 15 is 0 Å². The number of anilines is 1. The summed E-state index contributed by atoms with van der Waals surface area (Å²) in [7, 11) is 1.63. The van der Waals surface area contributed by atoms with Crippen LogP contribution in [0, 0.1) is 0 Å². The molecule has 1 atom stereocenters. The van der Waals surface area contributed by atoms with Gasteiger partial charge in [-0.25, -0.2) is 0 Å². The average Bonchev–Trinajstić information content (AvgIpc) is 2.48. The fourth-order valence-corrected chi connectivity index (χ4v) is 1.80. The summed E-state index contributed by atoms with van der Waals surface area (Å²) in [4.78, 5) is 14.2. The third-order valence-electron chi connectivity index (χ3n) is 3.16. The minimum absolute atomic E-state index is 0.105. The standard InChI is InChI=1S/C14H24N4O2/c1-5-11(3)18(9-10-20-4)14(19)12-7-8-13(15-6-2)17-16-12/h7-8,11H,5-6,9-10H2,1-4H3,(H,15,17). The largest absolute Gasteiger partial charge is 0.383 e. The number of amides is 1. The quantitative estimate of drug-likeness (QED) is 0.786. The lowest BCUT2D eigenvalue weighted by atomic mass is 10.2. The van der Waals surface area contributed by atoms with E-state index in [1.54, 1.807) is 24.1 Å². The molecule has 1 aromatic heterocycles. The van der Waals surface area contributed by atoms with Crippen molar-refractivity contribution in [3.8, 4) is 0 Å². The molecular formula is C14H24N4O2. The van der Waals surface area contributed by atoms with Crippen LogP contribution in [0.15, 0.2) is 12.1 Å². The second kappa shape index (κ2) is 8.47. The highest BCUT2D eigenvalue weighted by molar-refractivity contribution is 5.92. The Morgan fingerprint density at radius 1 is 1.40 bits per heavy atom. The summed E-state index contributed by atoms with van der Waals surface area (Å²) in [6.45, 7) is 7.90. The minimum Gasteiger partial charge on any atom is -0.383 e. The first kappa shape index (κ1) is 16.4. The maximum absolute atomic E-state index is 12.5.